The average Bonchev–Trinajstić information content (AvgIpc) is 2.45. The molecule has 0 aromatic heterocycles. The molecule has 0 bridgehead atoms. The summed E-state index contributed by atoms with van der Waals surface area (Å²) in [5.41, 5.74) is 3.68. The molecule has 0 saturated carbocycles. The van der Waals surface area contributed by atoms with Gasteiger partial charge in [-0.2, -0.15) is 0 Å². The van der Waals surface area contributed by atoms with Gasteiger partial charge in [-0.25, -0.2) is 0 Å². The summed E-state index contributed by atoms with van der Waals surface area (Å²) in [5.74, 6) is 0.528. The fourth-order valence-electron chi connectivity index (χ4n) is 2.24. The predicted octanol–water partition coefficient (Wildman–Crippen LogP) is 5.60. The number of hydrogen-bond acceptors (Lipinski definition) is 1. The predicted molar refractivity (Wildman–Crippen MR) is 91.5 cm³/mol. The number of rotatable bonds is 5. The topological polar surface area (TPSA) is 3.24 Å². The van der Waals surface area contributed by atoms with Crippen molar-refractivity contribution in [3.63, 3.8) is 0 Å². The molecular formula is C17H19BrClN. The molecule has 2 rings (SSSR count). The van der Waals surface area contributed by atoms with Gasteiger partial charge < -0.3 is 4.90 Å². The molecule has 0 saturated heterocycles. The summed E-state index contributed by atoms with van der Waals surface area (Å²) in [6.07, 6.45) is 0. The third kappa shape index (κ3) is 3.77. The van der Waals surface area contributed by atoms with Gasteiger partial charge in [-0.05, 0) is 37.1 Å². The van der Waals surface area contributed by atoms with Gasteiger partial charge in [0.2, 0.25) is 0 Å². The van der Waals surface area contributed by atoms with Crippen LogP contribution >= 0.6 is 27.5 Å². The van der Waals surface area contributed by atoms with E-state index in [1.165, 1.54) is 16.8 Å². The molecule has 3 heteroatoms. The molecule has 0 radical (unpaired) electrons. The Morgan fingerprint density at radius 2 is 1.80 bits per heavy atom. The van der Waals surface area contributed by atoms with Crippen molar-refractivity contribution in [1.82, 2.24) is 0 Å². The lowest BCUT2D eigenvalue weighted by molar-refractivity contribution is 0.680. The molecule has 2 aromatic carbocycles. The van der Waals surface area contributed by atoms with E-state index in [9.17, 15) is 0 Å². The standard InChI is InChI=1S/C17H19BrClN/c1-13(2)20(12-14-6-4-3-5-7-14)17-10-16(18)9-8-15(17)11-19/h3-10,13H,11-12H2,1-2H3. The highest BCUT2D eigenvalue weighted by atomic mass is 79.9. The Kier molecular flexibility index (Phi) is 5.50. The molecule has 0 aliphatic carbocycles. The van der Waals surface area contributed by atoms with E-state index in [4.69, 9.17) is 11.6 Å². The minimum atomic E-state index is 0.409. The zero-order valence-electron chi connectivity index (χ0n) is 11.8. The van der Waals surface area contributed by atoms with Crippen LogP contribution in [0.5, 0.6) is 0 Å². The van der Waals surface area contributed by atoms with Gasteiger partial charge >= 0.3 is 0 Å². The van der Waals surface area contributed by atoms with Gasteiger partial charge in [-0.1, -0.05) is 52.3 Å². The lowest BCUT2D eigenvalue weighted by atomic mass is 10.1. The number of nitrogens with zero attached hydrogens (tertiary/aromatic N) is 1. The molecule has 0 aliphatic rings. The number of halogens is 2. The van der Waals surface area contributed by atoms with Gasteiger partial charge in [-0.15, -0.1) is 11.6 Å². The highest BCUT2D eigenvalue weighted by Crippen LogP contribution is 2.29. The summed E-state index contributed by atoms with van der Waals surface area (Å²) in [4.78, 5) is 2.39. The Balaban J connectivity index is 2.36. The van der Waals surface area contributed by atoms with Crippen LogP contribution in [0, 0.1) is 0 Å². The molecule has 1 nitrogen and oxygen atoms in total. The van der Waals surface area contributed by atoms with E-state index in [0.29, 0.717) is 11.9 Å². The number of alkyl halides is 1. The molecule has 0 fully saturated rings. The Hall–Kier alpha value is -0.990. The highest BCUT2D eigenvalue weighted by molar-refractivity contribution is 9.10. The molecule has 0 aliphatic heterocycles. The smallest absolute Gasteiger partial charge is 0.0494 e. The first-order chi connectivity index (χ1) is 9.61. The van der Waals surface area contributed by atoms with E-state index in [1.807, 2.05) is 12.1 Å². The van der Waals surface area contributed by atoms with E-state index in [-0.39, 0.29) is 0 Å². The highest BCUT2D eigenvalue weighted by Gasteiger charge is 2.15. The maximum absolute atomic E-state index is 6.09. The first-order valence-electron chi connectivity index (χ1n) is 6.76. The summed E-state index contributed by atoms with van der Waals surface area (Å²) in [6, 6.07) is 17.2. The average molecular weight is 353 g/mol. The lowest BCUT2D eigenvalue weighted by Crippen LogP contribution is -2.30. The normalized spacial score (nSPS) is 10.8. The third-order valence-electron chi connectivity index (χ3n) is 3.32. The number of benzene rings is 2. The van der Waals surface area contributed by atoms with Crippen molar-refractivity contribution in [3.05, 3.63) is 64.1 Å². The van der Waals surface area contributed by atoms with Crippen LogP contribution in [-0.4, -0.2) is 6.04 Å². The van der Waals surface area contributed by atoms with Gasteiger partial charge in [-0.3, -0.25) is 0 Å². The zero-order valence-corrected chi connectivity index (χ0v) is 14.2. The van der Waals surface area contributed by atoms with Crippen LogP contribution in [0.4, 0.5) is 5.69 Å². The summed E-state index contributed by atoms with van der Waals surface area (Å²) in [6.45, 7) is 5.31. The fourth-order valence-corrected chi connectivity index (χ4v) is 2.82. The maximum atomic E-state index is 6.09. The molecule has 0 heterocycles. The van der Waals surface area contributed by atoms with Crippen LogP contribution in [0.3, 0.4) is 0 Å². The molecule has 0 N–H and O–H groups in total. The molecule has 0 spiro atoms. The van der Waals surface area contributed by atoms with Crippen LogP contribution in [0.15, 0.2) is 53.0 Å². The molecular weight excluding hydrogens is 334 g/mol. The van der Waals surface area contributed by atoms with Gasteiger partial charge in [0, 0.05) is 28.6 Å². The second-order valence-corrected chi connectivity index (χ2v) is 6.30. The molecule has 0 amide bonds. The van der Waals surface area contributed by atoms with Crippen LogP contribution in [0.1, 0.15) is 25.0 Å². The van der Waals surface area contributed by atoms with Gasteiger partial charge in [0.15, 0.2) is 0 Å². The zero-order chi connectivity index (χ0) is 14.5. The maximum Gasteiger partial charge on any atom is 0.0494 e. The summed E-state index contributed by atoms with van der Waals surface area (Å²) >= 11 is 9.65. The Labute approximate surface area is 134 Å². The Morgan fingerprint density at radius 1 is 1.10 bits per heavy atom. The molecule has 0 atom stereocenters. The van der Waals surface area contributed by atoms with E-state index >= 15 is 0 Å². The quantitative estimate of drug-likeness (QED) is 0.633. The Morgan fingerprint density at radius 3 is 2.40 bits per heavy atom. The second-order valence-electron chi connectivity index (χ2n) is 5.11. The summed E-state index contributed by atoms with van der Waals surface area (Å²) in [7, 11) is 0. The van der Waals surface area contributed by atoms with Gasteiger partial charge in [0.1, 0.15) is 0 Å². The first-order valence-corrected chi connectivity index (χ1v) is 8.09. The van der Waals surface area contributed by atoms with Crippen LogP contribution in [0.25, 0.3) is 0 Å². The van der Waals surface area contributed by atoms with Crippen molar-refractivity contribution in [2.75, 3.05) is 4.90 Å². The van der Waals surface area contributed by atoms with Crippen LogP contribution < -0.4 is 4.90 Å². The monoisotopic (exact) mass is 351 g/mol. The summed E-state index contributed by atoms with van der Waals surface area (Å²) in [5, 5.41) is 0. The van der Waals surface area contributed by atoms with Crippen molar-refractivity contribution in [2.24, 2.45) is 0 Å². The van der Waals surface area contributed by atoms with Crippen molar-refractivity contribution in [3.8, 4) is 0 Å². The van der Waals surface area contributed by atoms with Gasteiger partial charge in [0.25, 0.3) is 0 Å². The molecule has 0 unspecified atom stereocenters. The molecule has 2 aromatic rings. The van der Waals surface area contributed by atoms with Crippen molar-refractivity contribution >= 4 is 33.2 Å². The largest absolute Gasteiger partial charge is 0.364 e. The second kappa shape index (κ2) is 7.14. The number of anilines is 1. The van der Waals surface area contributed by atoms with Crippen LogP contribution in [0.2, 0.25) is 0 Å². The molecule has 20 heavy (non-hydrogen) atoms. The van der Waals surface area contributed by atoms with Crippen molar-refractivity contribution in [2.45, 2.75) is 32.3 Å². The SMILES string of the molecule is CC(C)N(Cc1ccccc1)c1cc(Br)ccc1CCl. The Bertz CT molecular complexity index is 554. The first kappa shape index (κ1) is 15.4. The lowest BCUT2D eigenvalue weighted by Gasteiger charge is -2.31. The minimum Gasteiger partial charge on any atom is -0.364 e. The van der Waals surface area contributed by atoms with Gasteiger partial charge in [0.05, 0.1) is 0 Å². The van der Waals surface area contributed by atoms with Crippen molar-refractivity contribution < 1.29 is 0 Å². The third-order valence-corrected chi connectivity index (χ3v) is 4.10. The number of hydrogen-bond donors (Lipinski definition) is 0. The summed E-state index contributed by atoms with van der Waals surface area (Å²) < 4.78 is 1.08. The molecule has 106 valence electrons. The van der Waals surface area contributed by atoms with Crippen molar-refractivity contribution in [1.29, 1.82) is 0 Å². The van der Waals surface area contributed by atoms with E-state index in [2.05, 4.69) is 71.1 Å². The van der Waals surface area contributed by atoms with E-state index in [0.717, 1.165) is 11.0 Å². The van der Waals surface area contributed by atoms with Crippen LogP contribution in [-0.2, 0) is 12.4 Å². The van der Waals surface area contributed by atoms with E-state index in [1.54, 1.807) is 0 Å². The minimum absolute atomic E-state index is 0.409. The fraction of sp³-hybridized carbons (Fsp3) is 0.294. The van der Waals surface area contributed by atoms with E-state index < -0.39 is 0 Å².